The van der Waals surface area contributed by atoms with Crippen molar-refractivity contribution in [3.63, 3.8) is 0 Å². The van der Waals surface area contributed by atoms with Crippen molar-refractivity contribution in [2.24, 2.45) is 16.6 Å². The van der Waals surface area contributed by atoms with E-state index in [9.17, 15) is 9.90 Å². The van der Waals surface area contributed by atoms with Crippen LogP contribution in [0.15, 0.2) is 27.8 Å². The van der Waals surface area contributed by atoms with E-state index in [1.807, 2.05) is 6.92 Å². The van der Waals surface area contributed by atoms with Crippen LogP contribution in [0.5, 0.6) is 0 Å². The lowest BCUT2D eigenvalue weighted by molar-refractivity contribution is -0.119. The Labute approximate surface area is 142 Å². The van der Waals surface area contributed by atoms with Crippen molar-refractivity contribution in [1.82, 2.24) is 10.2 Å². The summed E-state index contributed by atoms with van der Waals surface area (Å²) in [6, 6.07) is 3.49. The minimum Gasteiger partial charge on any atom is -0.466 e. The molecule has 134 valence electrons. The Morgan fingerprint density at radius 1 is 1.62 bits per heavy atom. The molecule has 7 heteroatoms. The van der Waals surface area contributed by atoms with Crippen LogP contribution in [0.1, 0.15) is 38.9 Å². The van der Waals surface area contributed by atoms with Crippen molar-refractivity contribution in [1.29, 1.82) is 0 Å². The molecule has 0 aliphatic carbocycles. The number of piperidine rings is 1. The highest BCUT2D eigenvalue weighted by molar-refractivity contribution is 5.80. The zero-order chi connectivity index (χ0) is 17.6. The Kier molecular flexibility index (Phi) is 6.25. The summed E-state index contributed by atoms with van der Waals surface area (Å²) in [7, 11) is 0. The number of furan rings is 1. The number of nitrogens with zero attached hydrogens (tertiary/aromatic N) is 2. The van der Waals surface area contributed by atoms with Gasteiger partial charge in [-0.2, -0.15) is 0 Å². The maximum absolute atomic E-state index is 11.2. The average Bonchev–Trinajstić information content (AvgIpc) is 3.06. The van der Waals surface area contributed by atoms with E-state index >= 15 is 0 Å². The molecule has 0 spiro atoms. The number of amides is 1. The van der Waals surface area contributed by atoms with E-state index in [-0.39, 0.29) is 18.4 Å². The molecule has 2 heterocycles. The molecule has 4 N–H and O–H groups in total. The van der Waals surface area contributed by atoms with E-state index in [1.54, 1.807) is 19.1 Å². The third-order valence-electron chi connectivity index (χ3n) is 4.23. The summed E-state index contributed by atoms with van der Waals surface area (Å²) in [4.78, 5) is 17.9. The van der Waals surface area contributed by atoms with E-state index in [2.05, 4.69) is 15.2 Å². The van der Waals surface area contributed by atoms with Crippen LogP contribution in [0.2, 0.25) is 0 Å². The Balaban J connectivity index is 2.06. The number of nitrogens with two attached hydrogens (primary N) is 1. The van der Waals surface area contributed by atoms with Crippen molar-refractivity contribution in [3.05, 3.63) is 24.2 Å². The van der Waals surface area contributed by atoms with Crippen LogP contribution >= 0.6 is 0 Å². The largest absolute Gasteiger partial charge is 0.466 e. The van der Waals surface area contributed by atoms with Gasteiger partial charge in [0, 0.05) is 26.1 Å². The van der Waals surface area contributed by atoms with Gasteiger partial charge in [-0.1, -0.05) is 0 Å². The first-order chi connectivity index (χ1) is 11.4. The van der Waals surface area contributed by atoms with Crippen molar-refractivity contribution < 1.29 is 14.3 Å². The lowest BCUT2D eigenvalue weighted by Gasteiger charge is -2.35. The molecule has 1 aromatic rings. The summed E-state index contributed by atoms with van der Waals surface area (Å²) >= 11 is 0. The molecule has 24 heavy (non-hydrogen) atoms. The highest BCUT2D eigenvalue weighted by Crippen LogP contribution is 2.22. The summed E-state index contributed by atoms with van der Waals surface area (Å²) in [5, 5.41) is 13.8. The van der Waals surface area contributed by atoms with Crippen molar-refractivity contribution >= 4 is 11.9 Å². The van der Waals surface area contributed by atoms with Crippen LogP contribution in [0.25, 0.3) is 0 Å². The highest BCUT2D eigenvalue weighted by Gasteiger charge is 2.28. The molecule has 1 aromatic heterocycles. The molecule has 1 amide bonds. The first-order valence-electron chi connectivity index (χ1n) is 8.50. The molecule has 2 rings (SSSR count). The number of carbonyl (C=O) groups is 1. The first-order valence-corrected chi connectivity index (χ1v) is 8.50. The second-order valence-corrected chi connectivity index (χ2v) is 6.55. The molecular weight excluding hydrogens is 308 g/mol. The monoisotopic (exact) mass is 336 g/mol. The summed E-state index contributed by atoms with van der Waals surface area (Å²) in [6.07, 6.45) is 3.94. The number of rotatable bonds is 6. The van der Waals surface area contributed by atoms with Crippen LogP contribution in [-0.4, -0.2) is 48.1 Å². The average molecular weight is 336 g/mol. The van der Waals surface area contributed by atoms with Gasteiger partial charge in [-0.05, 0) is 44.7 Å². The molecular formula is C17H28N4O3. The molecule has 1 fully saturated rings. The number of guanidine groups is 1. The number of hydrogen-bond acceptors (Lipinski definition) is 4. The molecule has 0 aromatic carbocycles. The van der Waals surface area contributed by atoms with Gasteiger partial charge < -0.3 is 25.5 Å². The fourth-order valence-electron chi connectivity index (χ4n) is 3.03. The summed E-state index contributed by atoms with van der Waals surface area (Å²) in [5.41, 5.74) is 4.17. The van der Waals surface area contributed by atoms with E-state index in [0.717, 1.165) is 38.4 Å². The molecule has 0 radical (unpaired) electrons. The zero-order valence-corrected chi connectivity index (χ0v) is 14.5. The van der Waals surface area contributed by atoms with Crippen molar-refractivity contribution in [2.75, 3.05) is 26.2 Å². The first kappa shape index (κ1) is 18.3. The Morgan fingerprint density at radius 2 is 2.42 bits per heavy atom. The highest BCUT2D eigenvalue weighted by atomic mass is 16.4. The van der Waals surface area contributed by atoms with Gasteiger partial charge in [0.25, 0.3) is 0 Å². The van der Waals surface area contributed by atoms with Gasteiger partial charge in [-0.25, -0.2) is 4.99 Å². The van der Waals surface area contributed by atoms with Crippen molar-refractivity contribution in [2.45, 2.75) is 38.7 Å². The molecule has 1 saturated heterocycles. The van der Waals surface area contributed by atoms with Crippen LogP contribution < -0.4 is 11.1 Å². The smallest absolute Gasteiger partial charge is 0.217 e. The predicted octanol–water partition coefficient (Wildman–Crippen LogP) is 1.04. The minimum absolute atomic E-state index is 0.194. The molecule has 1 aliphatic rings. The van der Waals surface area contributed by atoms with E-state index in [4.69, 9.17) is 10.2 Å². The maximum Gasteiger partial charge on any atom is 0.217 e. The maximum atomic E-state index is 11.2. The number of likely N-dealkylation sites (tertiary alicyclic amines) is 1. The number of hydrogen-bond donors (Lipinski definition) is 3. The zero-order valence-electron chi connectivity index (χ0n) is 14.5. The minimum atomic E-state index is -1.16. The number of nitrogens with one attached hydrogen (secondary N) is 1. The summed E-state index contributed by atoms with van der Waals surface area (Å²) < 4.78 is 5.29. The standard InChI is InChI=1S/C17H28N4O3/c1-3-19-16(20-12-17(2,23)14-7-5-9-24-14)21-8-4-6-13(11-21)10-15(18)22/h5,7,9,13,23H,3-4,6,8,10-12H2,1-2H3,(H2,18,22)(H,19,20). The molecule has 0 saturated carbocycles. The van der Waals surface area contributed by atoms with Crippen LogP contribution in [0.3, 0.4) is 0 Å². The number of aliphatic imine (C=N–C) groups is 1. The lowest BCUT2D eigenvalue weighted by atomic mass is 9.95. The van der Waals surface area contributed by atoms with Gasteiger partial charge in [0.05, 0.1) is 12.8 Å². The molecule has 2 atom stereocenters. The van der Waals surface area contributed by atoms with Crippen LogP contribution in [-0.2, 0) is 10.4 Å². The topological polar surface area (TPSA) is 104 Å². The number of aliphatic hydroxyl groups is 1. The van der Waals surface area contributed by atoms with Gasteiger partial charge >= 0.3 is 0 Å². The third kappa shape index (κ3) is 4.99. The fourth-order valence-corrected chi connectivity index (χ4v) is 3.03. The third-order valence-corrected chi connectivity index (χ3v) is 4.23. The normalized spacial score (nSPS) is 21.4. The van der Waals surface area contributed by atoms with Gasteiger partial charge in [-0.15, -0.1) is 0 Å². The van der Waals surface area contributed by atoms with Crippen molar-refractivity contribution in [3.8, 4) is 0 Å². The quantitative estimate of drug-likeness (QED) is 0.532. The second-order valence-electron chi connectivity index (χ2n) is 6.55. The van der Waals surface area contributed by atoms with Crippen LogP contribution in [0, 0.1) is 5.92 Å². The Morgan fingerprint density at radius 3 is 3.04 bits per heavy atom. The van der Waals surface area contributed by atoms with E-state index in [0.29, 0.717) is 12.2 Å². The summed E-state index contributed by atoms with van der Waals surface area (Å²) in [6.45, 7) is 6.25. The van der Waals surface area contributed by atoms with Gasteiger partial charge in [0.1, 0.15) is 11.4 Å². The second kappa shape index (κ2) is 8.19. The number of primary amides is 1. The molecule has 1 aliphatic heterocycles. The Bertz CT molecular complexity index is 554. The predicted molar refractivity (Wildman–Crippen MR) is 92.4 cm³/mol. The van der Waals surface area contributed by atoms with Gasteiger partial charge in [0.2, 0.25) is 5.91 Å². The van der Waals surface area contributed by atoms with Crippen LogP contribution in [0.4, 0.5) is 0 Å². The molecule has 2 unspecified atom stereocenters. The Hall–Kier alpha value is -2.02. The van der Waals surface area contributed by atoms with Gasteiger partial charge in [-0.3, -0.25) is 4.79 Å². The van der Waals surface area contributed by atoms with Gasteiger partial charge in [0.15, 0.2) is 5.96 Å². The van der Waals surface area contributed by atoms with E-state index < -0.39 is 5.60 Å². The fraction of sp³-hybridized carbons (Fsp3) is 0.647. The summed E-state index contributed by atoms with van der Waals surface area (Å²) in [5.74, 6) is 1.24. The number of carbonyl (C=O) groups excluding carboxylic acids is 1. The lowest BCUT2D eigenvalue weighted by Crippen LogP contribution is -2.47. The van der Waals surface area contributed by atoms with E-state index in [1.165, 1.54) is 6.26 Å². The molecule has 7 nitrogen and oxygen atoms in total. The SMILES string of the molecule is CCNC(=NCC(C)(O)c1ccco1)N1CCCC(CC(N)=O)C1. The molecule has 0 bridgehead atoms.